The molecule has 1 fully saturated rings. The Morgan fingerprint density at radius 3 is 2.38 bits per heavy atom. The minimum absolute atomic E-state index is 0.0278. The van der Waals surface area contributed by atoms with Crippen LogP contribution in [-0.2, 0) is 5.41 Å². The highest BCUT2D eigenvalue weighted by Gasteiger charge is 2.65. The zero-order valence-electron chi connectivity index (χ0n) is 6.56. The molecular formula is C7H7F3N2O. The molecule has 0 saturated heterocycles. The highest BCUT2D eigenvalue weighted by molar-refractivity contribution is 5.46. The molecule has 0 atom stereocenters. The molecule has 0 aromatic carbocycles. The van der Waals surface area contributed by atoms with Crippen molar-refractivity contribution in [2.75, 3.05) is 5.73 Å². The van der Waals surface area contributed by atoms with Gasteiger partial charge in [-0.15, -0.1) is 0 Å². The van der Waals surface area contributed by atoms with E-state index >= 15 is 0 Å². The topological polar surface area (TPSA) is 52.0 Å². The van der Waals surface area contributed by atoms with Gasteiger partial charge in [-0.3, -0.25) is 0 Å². The van der Waals surface area contributed by atoms with Crippen LogP contribution in [0.15, 0.2) is 10.8 Å². The monoisotopic (exact) mass is 192 g/mol. The summed E-state index contributed by atoms with van der Waals surface area (Å²) in [5, 5.41) is 3.24. The highest BCUT2D eigenvalue weighted by Crippen LogP contribution is 2.59. The van der Waals surface area contributed by atoms with Crippen LogP contribution in [0, 0.1) is 0 Å². The van der Waals surface area contributed by atoms with Gasteiger partial charge < -0.3 is 10.3 Å². The van der Waals surface area contributed by atoms with E-state index in [1.807, 2.05) is 0 Å². The number of nitrogen functional groups attached to an aromatic ring is 1. The molecule has 2 N–H and O–H groups in total. The quantitative estimate of drug-likeness (QED) is 0.738. The molecule has 1 aromatic heterocycles. The molecular weight excluding hydrogens is 185 g/mol. The fourth-order valence-electron chi connectivity index (χ4n) is 1.43. The number of nitrogens with two attached hydrogens (primary N) is 1. The van der Waals surface area contributed by atoms with Crippen molar-refractivity contribution in [2.24, 2.45) is 0 Å². The molecule has 1 saturated carbocycles. The number of hydrogen-bond donors (Lipinski definition) is 1. The van der Waals surface area contributed by atoms with Gasteiger partial charge in [-0.25, -0.2) is 0 Å². The fraction of sp³-hybridized carbons (Fsp3) is 0.571. The fourth-order valence-corrected chi connectivity index (χ4v) is 1.43. The molecule has 13 heavy (non-hydrogen) atoms. The first kappa shape index (κ1) is 8.40. The third-order valence-electron chi connectivity index (χ3n) is 2.41. The standard InChI is InChI=1S/C7H7F3N2O/c8-7(9,10)6(1-2-6)4-3-13-12-5(4)11/h3H,1-2H2,(H2,11,12). The predicted molar refractivity (Wildman–Crippen MR) is 37.9 cm³/mol. The number of alkyl halides is 3. The van der Waals surface area contributed by atoms with Crippen LogP contribution in [0.4, 0.5) is 19.0 Å². The first-order valence-corrected chi connectivity index (χ1v) is 3.74. The number of hydrogen-bond acceptors (Lipinski definition) is 3. The van der Waals surface area contributed by atoms with Crippen LogP contribution < -0.4 is 5.73 Å². The average molecular weight is 192 g/mol. The third-order valence-corrected chi connectivity index (χ3v) is 2.41. The predicted octanol–water partition coefficient (Wildman–Crippen LogP) is 1.85. The van der Waals surface area contributed by atoms with Gasteiger partial charge in [0.05, 0.1) is 11.0 Å². The van der Waals surface area contributed by atoms with Crippen molar-refractivity contribution in [1.29, 1.82) is 0 Å². The molecule has 0 spiro atoms. The Bertz CT molecular complexity index is 327. The molecule has 72 valence electrons. The summed E-state index contributed by atoms with van der Waals surface area (Å²) in [6.07, 6.45) is -3.13. The van der Waals surface area contributed by atoms with E-state index in [4.69, 9.17) is 5.73 Å². The summed E-state index contributed by atoms with van der Waals surface area (Å²) in [4.78, 5) is 0. The average Bonchev–Trinajstić information content (AvgIpc) is 2.70. The van der Waals surface area contributed by atoms with E-state index in [-0.39, 0.29) is 24.2 Å². The summed E-state index contributed by atoms with van der Waals surface area (Å²) in [6.45, 7) is 0. The molecule has 0 unspecified atom stereocenters. The van der Waals surface area contributed by atoms with E-state index in [0.29, 0.717) is 0 Å². The molecule has 0 bridgehead atoms. The van der Waals surface area contributed by atoms with Gasteiger partial charge in [-0.05, 0) is 12.8 Å². The van der Waals surface area contributed by atoms with Crippen molar-refractivity contribution >= 4 is 5.82 Å². The summed E-state index contributed by atoms with van der Waals surface area (Å²) < 4.78 is 41.9. The zero-order valence-corrected chi connectivity index (χ0v) is 6.56. The van der Waals surface area contributed by atoms with Crippen LogP contribution in [0.3, 0.4) is 0 Å². The maximum atomic E-state index is 12.5. The lowest BCUT2D eigenvalue weighted by Crippen LogP contribution is -2.28. The molecule has 6 heteroatoms. The minimum Gasteiger partial charge on any atom is -0.381 e. The lowest BCUT2D eigenvalue weighted by Gasteiger charge is -2.17. The van der Waals surface area contributed by atoms with E-state index in [0.717, 1.165) is 6.26 Å². The van der Waals surface area contributed by atoms with Crippen molar-refractivity contribution < 1.29 is 17.7 Å². The molecule has 1 aliphatic rings. The van der Waals surface area contributed by atoms with Gasteiger partial charge in [0.2, 0.25) is 0 Å². The second-order valence-electron chi connectivity index (χ2n) is 3.19. The number of rotatable bonds is 1. The first-order chi connectivity index (χ1) is 5.97. The van der Waals surface area contributed by atoms with E-state index in [1.54, 1.807) is 0 Å². The summed E-state index contributed by atoms with van der Waals surface area (Å²) in [5.41, 5.74) is 3.45. The second-order valence-corrected chi connectivity index (χ2v) is 3.19. The normalized spacial score (nSPS) is 20.2. The Kier molecular flexibility index (Phi) is 1.41. The molecule has 0 radical (unpaired) electrons. The lowest BCUT2D eigenvalue weighted by molar-refractivity contribution is -0.160. The van der Waals surface area contributed by atoms with Crippen LogP contribution in [0.5, 0.6) is 0 Å². The van der Waals surface area contributed by atoms with Crippen molar-refractivity contribution in [3.8, 4) is 0 Å². The van der Waals surface area contributed by atoms with Crippen LogP contribution in [0.25, 0.3) is 0 Å². The Labute approximate surface area is 71.7 Å². The largest absolute Gasteiger partial charge is 0.398 e. The summed E-state index contributed by atoms with van der Waals surface area (Å²) in [5.74, 6) is -0.158. The van der Waals surface area contributed by atoms with E-state index in [9.17, 15) is 13.2 Å². The van der Waals surface area contributed by atoms with Gasteiger partial charge in [0.15, 0.2) is 5.82 Å². The van der Waals surface area contributed by atoms with E-state index < -0.39 is 11.6 Å². The van der Waals surface area contributed by atoms with Crippen LogP contribution in [0.1, 0.15) is 18.4 Å². The molecule has 2 rings (SSSR count). The Morgan fingerprint density at radius 1 is 1.46 bits per heavy atom. The Morgan fingerprint density at radius 2 is 2.08 bits per heavy atom. The van der Waals surface area contributed by atoms with Gasteiger partial charge in [0.1, 0.15) is 6.26 Å². The van der Waals surface area contributed by atoms with Gasteiger partial charge >= 0.3 is 6.18 Å². The van der Waals surface area contributed by atoms with Crippen molar-refractivity contribution in [3.05, 3.63) is 11.8 Å². The molecule has 1 aliphatic carbocycles. The third kappa shape index (κ3) is 1.01. The lowest BCUT2D eigenvalue weighted by atomic mass is 9.98. The maximum absolute atomic E-state index is 12.5. The van der Waals surface area contributed by atoms with Crippen molar-refractivity contribution in [2.45, 2.75) is 24.4 Å². The number of nitrogens with zero attached hydrogens (tertiary/aromatic N) is 1. The molecule has 3 nitrogen and oxygen atoms in total. The first-order valence-electron chi connectivity index (χ1n) is 3.74. The van der Waals surface area contributed by atoms with Gasteiger partial charge in [-0.1, -0.05) is 5.16 Å². The SMILES string of the molecule is Nc1nocc1C1(C(F)(F)F)CC1. The van der Waals surface area contributed by atoms with Crippen molar-refractivity contribution in [1.82, 2.24) is 5.16 Å². The smallest absolute Gasteiger partial charge is 0.381 e. The Hall–Kier alpha value is -1.20. The molecule has 0 amide bonds. The van der Waals surface area contributed by atoms with E-state index in [2.05, 4.69) is 9.68 Å². The van der Waals surface area contributed by atoms with Gasteiger partial charge in [0.25, 0.3) is 0 Å². The number of halogens is 3. The van der Waals surface area contributed by atoms with Gasteiger partial charge in [0, 0.05) is 0 Å². The molecule has 1 aromatic rings. The molecule has 0 aliphatic heterocycles. The van der Waals surface area contributed by atoms with E-state index in [1.165, 1.54) is 0 Å². The summed E-state index contributed by atoms with van der Waals surface area (Å²) in [6, 6.07) is 0. The van der Waals surface area contributed by atoms with Crippen molar-refractivity contribution in [3.63, 3.8) is 0 Å². The van der Waals surface area contributed by atoms with Crippen LogP contribution in [-0.4, -0.2) is 11.3 Å². The zero-order chi connectivity index (χ0) is 9.69. The minimum atomic E-state index is -4.26. The molecule has 1 heterocycles. The summed E-state index contributed by atoms with van der Waals surface area (Å²) in [7, 11) is 0. The van der Waals surface area contributed by atoms with Crippen LogP contribution >= 0.6 is 0 Å². The summed E-state index contributed by atoms with van der Waals surface area (Å²) >= 11 is 0. The maximum Gasteiger partial charge on any atom is 0.398 e. The number of aromatic nitrogens is 1. The second kappa shape index (κ2) is 2.18. The Balaban J connectivity index is 2.42. The highest BCUT2D eigenvalue weighted by atomic mass is 19.4. The van der Waals surface area contributed by atoms with Gasteiger partial charge in [-0.2, -0.15) is 13.2 Å². The van der Waals surface area contributed by atoms with Crippen LogP contribution in [0.2, 0.25) is 0 Å². The number of anilines is 1.